The van der Waals surface area contributed by atoms with Crippen molar-refractivity contribution in [1.82, 2.24) is 9.80 Å². The topological polar surface area (TPSA) is 90.4 Å². The fraction of sp³-hybridized carbons (Fsp3) is 0.519. The number of amides is 3. The monoisotopic (exact) mass is 515 g/mol. The Morgan fingerprint density at radius 2 is 1.86 bits per heavy atom. The number of benzene rings is 1. The van der Waals surface area contributed by atoms with Crippen molar-refractivity contribution in [3.05, 3.63) is 54.6 Å². The molecule has 3 heterocycles. The van der Waals surface area contributed by atoms with Crippen molar-refractivity contribution in [2.45, 2.75) is 50.0 Å². The minimum atomic E-state index is -1.17. The Hall–Kier alpha value is -2.68. The molecule has 1 N–H and O–H groups in total. The van der Waals surface area contributed by atoms with Crippen molar-refractivity contribution in [1.29, 1.82) is 0 Å². The van der Waals surface area contributed by atoms with Gasteiger partial charge in [-0.2, -0.15) is 0 Å². The first-order valence-corrected chi connectivity index (χ1v) is 12.6. The van der Waals surface area contributed by atoms with Crippen LogP contribution in [0.25, 0.3) is 0 Å². The van der Waals surface area contributed by atoms with E-state index in [9.17, 15) is 19.5 Å². The first kappa shape index (κ1) is 26.4. The summed E-state index contributed by atoms with van der Waals surface area (Å²) in [5.41, 5.74) is -1.44. The normalized spacial score (nSPS) is 31.2. The average molecular weight is 516 g/mol. The van der Waals surface area contributed by atoms with Gasteiger partial charge in [0.1, 0.15) is 11.6 Å². The minimum absolute atomic E-state index is 0.203. The summed E-state index contributed by atoms with van der Waals surface area (Å²) in [6.45, 7) is 11.3. The molecule has 0 saturated carbocycles. The Labute approximate surface area is 217 Å². The summed E-state index contributed by atoms with van der Waals surface area (Å²) in [4.78, 5) is 46.5. The molecule has 3 amide bonds. The van der Waals surface area contributed by atoms with Gasteiger partial charge in [-0.25, -0.2) is 0 Å². The standard InChI is InChI=1S/C27H34ClN3O5/c1-6-14-29(5)23(33)20-21-24(34)31(17(3)16-32)22(27(21)13-12-26(20,4)36-27)25(35)30(15-7-2)19-10-8-18(28)9-11-19/h6-11,17,20-22,32H,1-2,12-16H2,3-5H3/t17-,20+,21+,22?,26-,27?/m1/s1. The van der Waals surface area contributed by atoms with Crippen LogP contribution in [0.3, 0.4) is 0 Å². The second-order valence-corrected chi connectivity index (χ2v) is 10.7. The number of halogens is 1. The van der Waals surface area contributed by atoms with Crippen LogP contribution in [0.2, 0.25) is 5.02 Å². The summed E-state index contributed by atoms with van der Waals surface area (Å²) in [5, 5.41) is 10.6. The molecule has 3 aliphatic heterocycles. The van der Waals surface area contributed by atoms with Gasteiger partial charge in [0.2, 0.25) is 11.8 Å². The molecule has 36 heavy (non-hydrogen) atoms. The molecule has 1 aromatic rings. The maximum atomic E-state index is 14.3. The third-order valence-electron chi connectivity index (χ3n) is 7.95. The Kier molecular flexibility index (Phi) is 7.07. The molecule has 0 radical (unpaired) electrons. The number of fused-ring (bicyclic) bond motifs is 1. The van der Waals surface area contributed by atoms with Gasteiger partial charge in [-0.15, -0.1) is 13.2 Å². The first-order chi connectivity index (χ1) is 17.1. The van der Waals surface area contributed by atoms with E-state index in [1.54, 1.807) is 60.2 Å². The molecule has 3 aliphatic rings. The van der Waals surface area contributed by atoms with Gasteiger partial charge in [0.25, 0.3) is 5.91 Å². The van der Waals surface area contributed by atoms with Gasteiger partial charge in [0.05, 0.1) is 30.1 Å². The highest BCUT2D eigenvalue weighted by molar-refractivity contribution is 6.30. The van der Waals surface area contributed by atoms with Gasteiger partial charge < -0.3 is 24.5 Å². The van der Waals surface area contributed by atoms with Gasteiger partial charge in [0, 0.05) is 30.8 Å². The third kappa shape index (κ3) is 3.86. The van der Waals surface area contributed by atoms with Crippen molar-refractivity contribution in [3.63, 3.8) is 0 Å². The smallest absolute Gasteiger partial charge is 0.253 e. The summed E-state index contributed by atoms with van der Waals surface area (Å²) in [6.07, 6.45) is 4.25. The van der Waals surface area contributed by atoms with Crippen molar-refractivity contribution in [2.24, 2.45) is 11.8 Å². The predicted molar refractivity (Wildman–Crippen MR) is 137 cm³/mol. The molecule has 2 unspecified atom stereocenters. The number of likely N-dealkylation sites (N-methyl/N-ethyl adjacent to an activating group) is 1. The van der Waals surface area contributed by atoms with Crippen LogP contribution in [0.15, 0.2) is 49.6 Å². The van der Waals surface area contributed by atoms with Crippen molar-refractivity contribution >= 4 is 35.0 Å². The Morgan fingerprint density at radius 1 is 1.22 bits per heavy atom. The third-order valence-corrected chi connectivity index (χ3v) is 8.20. The molecule has 2 bridgehead atoms. The lowest BCUT2D eigenvalue weighted by Gasteiger charge is -2.38. The lowest BCUT2D eigenvalue weighted by molar-refractivity contribution is -0.151. The minimum Gasteiger partial charge on any atom is -0.394 e. The predicted octanol–water partition coefficient (Wildman–Crippen LogP) is 2.65. The molecule has 0 aliphatic carbocycles. The van der Waals surface area contributed by atoms with E-state index in [0.717, 1.165) is 0 Å². The quantitative estimate of drug-likeness (QED) is 0.511. The average Bonchev–Trinajstić information content (AvgIpc) is 3.42. The number of anilines is 1. The number of nitrogens with zero attached hydrogens (tertiary/aromatic N) is 3. The van der Waals surface area contributed by atoms with E-state index >= 15 is 0 Å². The number of aliphatic hydroxyl groups is 1. The van der Waals surface area contributed by atoms with E-state index in [-0.39, 0.29) is 30.9 Å². The number of hydrogen-bond donors (Lipinski definition) is 1. The number of rotatable bonds is 9. The van der Waals surface area contributed by atoms with Gasteiger partial charge >= 0.3 is 0 Å². The van der Waals surface area contributed by atoms with Crippen molar-refractivity contribution in [2.75, 3.05) is 31.6 Å². The zero-order chi connectivity index (χ0) is 26.4. The second kappa shape index (κ2) is 9.65. The summed E-state index contributed by atoms with van der Waals surface area (Å²) >= 11 is 6.07. The van der Waals surface area contributed by atoms with Crippen LogP contribution in [0.5, 0.6) is 0 Å². The zero-order valence-electron chi connectivity index (χ0n) is 21.0. The van der Waals surface area contributed by atoms with Gasteiger partial charge in [-0.1, -0.05) is 23.8 Å². The summed E-state index contributed by atoms with van der Waals surface area (Å²) in [5.74, 6) is -2.45. The van der Waals surface area contributed by atoms with Gasteiger partial charge in [-0.3, -0.25) is 14.4 Å². The maximum absolute atomic E-state index is 14.3. The van der Waals surface area contributed by atoms with E-state index in [1.807, 2.05) is 6.92 Å². The number of carbonyl (C=O) groups excluding carboxylic acids is 3. The van der Waals surface area contributed by atoms with E-state index in [2.05, 4.69) is 13.2 Å². The van der Waals surface area contributed by atoms with Gasteiger partial charge in [-0.05, 0) is 51.0 Å². The molecule has 3 fully saturated rings. The molecular formula is C27H34ClN3O5. The molecule has 194 valence electrons. The lowest BCUT2D eigenvalue weighted by atomic mass is 9.66. The van der Waals surface area contributed by atoms with Crippen LogP contribution in [0, 0.1) is 11.8 Å². The summed E-state index contributed by atoms with van der Waals surface area (Å²) < 4.78 is 6.63. The number of hydrogen-bond acceptors (Lipinski definition) is 5. The van der Waals surface area contributed by atoms with Crippen molar-refractivity contribution in [3.8, 4) is 0 Å². The van der Waals surface area contributed by atoms with E-state index in [1.165, 1.54) is 4.90 Å². The van der Waals surface area contributed by atoms with Crippen LogP contribution in [-0.4, -0.2) is 82.7 Å². The molecule has 4 rings (SSSR count). The van der Waals surface area contributed by atoms with Gasteiger partial charge in [0.15, 0.2) is 0 Å². The highest BCUT2D eigenvalue weighted by atomic mass is 35.5. The molecule has 6 atom stereocenters. The van der Waals surface area contributed by atoms with E-state index < -0.39 is 35.1 Å². The molecular weight excluding hydrogens is 482 g/mol. The highest BCUT2D eigenvalue weighted by Gasteiger charge is 2.78. The summed E-state index contributed by atoms with van der Waals surface area (Å²) in [6, 6.07) is 5.22. The molecule has 3 saturated heterocycles. The van der Waals surface area contributed by atoms with E-state index in [4.69, 9.17) is 16.3 Å². The lowest BCUT2D eigenvalue weighted by Crippen LogP contribution is -2.58. The maximum Gasteiger partial charge on any atom is 0.253 e. The zero-order valence-corrected chi connectivity index (χ0v) is 21.8. The number of aliphatic hydroxyl groups excluding tert-OH is 1. The Balaban J connectivity index is 1.82. The molecule has 8 nitrogen and oxygen atoms in total. The van der Waals surface area contributed by atoms with E-state index in [0.29, 0.717) is 30.1 Å². The SMILES string of the molecule is C=CCN(C)C(=O)[C@@H]1[C@H]2C(=O)N([C@H](C)CO)C(C(=O)N(CC=C)c3ccc(Cl)cc3)C23CC[C@@]1(C)O3. The largest absolute Gasteiger partial charge is 0.394 e. The van der Waals surface area contributed by atoms with Crippen LogP contribution >= 0.6 is 11.6 Å². The molecule has 1 spiro atoms. The number of ether oxygens (including phenoxy) is 1. The summed E-state index contributed by atoms with van der Waals surface area (Å²) in [7, 11) is 1.68. The molecule has 0 aromatic heterocycles. The number of likely N-dealkylation sites (tertiary alicyclic amines) is 1. The fourth-order valence-electron chi connectivity index (χ4n) is 6.32. The first-order valence-electron chi connectivity index (χ1n) is 12.2. The Bertz CT molecular complexity index is 1080. The Morgan fingerprint density at radius 3 is 2.44 bits per heavy atom. The second-order valence-electron chi connectivity index (χ2n) is 10.2. The highest BCUT2D eigenvalue weighted by Crippen LogP contribution is 2.63. The van der Waals surface area contributed by atoms with Crippen molar-refractivity contribution < 1.29 is 24.2 Å². The van der Waals surface area contributed by atoms with Crippen LogP contribution in [0.4, 0.5) is 5.69 Å². The molecule has 1 aromatic carbocycles. The van der Waals surface area contributed by atoms with Crippen LogP contribution in [0.1, 0.15) is 26.7 Å². The molecule has 9 heteroatoms. The number of carbonyl (C=O) groups is 3. The van der Waals surface area contributed by atoms with Crippen LogP contribution in [-0.2, 0) is 19.1 Å². The fourth-order valence-corrected chi connectivity index (χ4v) is 6.45. The van der Waals surface area contributed by atoms with Crippen LogP contribution < -0.4 is 4.90 Å².